The van der Waals surface area contributed by atoms with Gasteiger partial charge in [0.1, 0.15) is 0 Å². The van der Waals surface area contributed by atoms with E-state index in [9.17, 15) is 13.0 Å². The lowest BCUT2D eigenvalue weighted by atomic mass is 10.5. The van der Waals surface area contributed by atoms with E-state index < -0.39 is 16.3 Å². The molecule has 0 heterocycles. The highest BCUT2D eigenvalue weighted by Gasteiger charge is 2.50. The molecule has 0 aliphatic heterocycles. The van der Waals surface area contributed by atoms with Crippen LogP contribution in [0.25, 0.3) is 0 Å². The minimum Gasteiger partial charge on any atom is -0.322 e. The molecule has 0 fully saturated rings. The highest BCUT2D eigenvalue weighted by Crippen LogP contribution is 2.58. The molecular weight excluding hydrogens is 237 g/mol. The molecule has 2 nitrogen and oxygen atoms in total. The van der Waals surface area contributed by atoms with Crippen molar-refractivity contribution in [2.45, 2.75) is 58.2 Å². The highest BCUT2D eigenvalue weighted by atomic mass is 31.2. The summed E-state index contributed by atoms with van der Waals surface area (Å²) in [4.78, 5) is 0. The summed E-state index contributed by atoms with van der Waals surface area (Å²) in [5.41, 5.74) is 0.0759. The van der Waals surface area contributed by atoms with Crippen LogP contribution in [0.15, 0.2) is 0 Å². The van der Waals surface area contributed by atoms with Crippen molar-refractivity contribution in [2.24, 2.45) is 0 Å². The van der Waals surface area contributed by atoms with Crippen LogP contribution in [0.3, 0.4) is 0 Å². The van der Waals surface area contributed by atoms with Crippen LogP contribution in [0, 0.1) is 0 Å². The standard InChI is InChI=1S/C9H21F2O2PSi/c1-7(2)15(8(3)4,9(5)6)13-14(10,11)12/h7-9H,1-6H3. The summed E-state index contributed by atoms with van der Waals surface area (Å²) in [7, 11) is -8.06. The summed E-state index contributed by atoms with van der Waals surface area (Å²) in [6.07, 6.45) is 0. The van der Waals surface area contributed by atoms with E-state index in [4.69, 9.17) is 4.21 Å². The number of hydrogen-bond acceptors (Lipinski definition) is 2. The number of rotatable bonds is 5. The lowest BCUT2D eigenvalue weighted by molar-refractivity contribution is 0.360. The Morgan fingerprint density at radius 3 is 1.27 bits per heavy atom. The zero-order valence-electron chi connectivity index (χ0n) is 10.3. The maximum absolute atomic E-state index is 12.7. The predicted molar refractivity (Wildman–Crippen MR) is 62.0 cm³/mol. The number of hydrogen-bond donors (Lipinski definition) is 0. The van der Waals surface area contributed by atoms with Crippen molar-refractivity contribution in [3.8, 4) is 0 Å². The summed E-state index contributed by atoms with van der Waals surface area (Å²) in [6.45, 7) is 11.3. The third-order valence-electron chi connectivity index (χ3n) is 2.97. The lowest BCUT2D eigenvalue weighted by Crippen LogP contribution is -2.46. The van der Waals surface area contributed by atoms with Crippen molar-refractivity contribution in [1.82, 2.24) is 0 Å². The molecule has 0 N–H and O–H groups in total. The predicted octanol–water partition coefficient (Wildman–Crippen LogP) is 5.23. The topological polar surface area (TPSA) is 26.3 Å². The quantitative estimate of drug-likeness (QED) is 0.499. The van der Waals surface area contributed by atoms with Gasteiger partial charge < -0.3 is 4.21 Å². The lowest BCUT2D eigenvalue weighted by Gasteiger charge is -2.40. The van der Waals surface area contributed by atoms with Crippen LogP contribution in [0.2, 0.25) is 16.6 Å². The van der Waals surface area contributed by atoms with Crippen LogP contribution in [-0.4, -0.2) is 8.32 Å². The SMILES string of the molecule is CC(C)[Si](OP(=O)(F)F)(C(C)C)C(C)C. The third kappa shape index (κ3) is 3.65. The van der Waals surface area contributed by atoms with E-state index in [0.717, 1.165) is 0 Å². The molecule has 0 rings (SSSR count). The zero-order valence-corrected chi connectivity index (χ0v) is 12.1. The second-order valence-corrected chi connectivity index (χ2v) is 11.6. The maximum atomic E-state index is 12.7. The summed E-state index contributed by atoms with van der Waals surface area (Å²) >= 11 is 0. The molecule has 0 unspecified atom stereocenters. The molecule has 0 atom stereocenters. The zero-order chi connectivity index (χ0) is 12.4. The van der Waals surface area contributed by atoms with Gasteiger partial charge in [0.15, 0.2) is 0 Å². The van der Waals surface area contributed by atoms with Gasteiger partial charge in [-0.05, 0) is 16.6 Å². The fraction of sp³-hybridized carbons (Fsp3) is 1.00. The highest BCUT2D eigenvalue weighted by molar-refractivity contribution is 7.49. The fourth-order valence-corrected chi connectivity index (χ4v) is 10.5. The van der Waals surface area contributed by atoms with Gasteiger partial charge in [-0.15, -0.1) is 8.39 Å². The third-order valence-corrected chi connectivity index (χ3v) is 10.5. The van der Waals surface area contributed by atoms with Crippen molar-refractivity contribution in [1.29, 1.82) is 0 Å². The van der Waals surface area contributed by atoms with E-state index in [1.54, 1.807) is 0 Å². The smallest absolute Gasteiger partial charge is 0.322 e. The Morgan fingerprint density at radius 1 is 0.933 bits per heavy atom. The van der Waals surface area contributed by atoms with E-state index in [2.05, 4.69) is 0 Å². The average Bonchev–Trinajstić information content (AvgIpc) is 1.96. The van der Waals surface area contributed by atoms with E-state index >= 15 is 0 Å². The summed E-state index contributed by atoms with van der Waals surface area (Å²) in [5.74, 6) is 0. The first-order valence-corrected chi connectivity index (χ1v) is 8.78. The monoisotopic (exact) mass is 258 g/mol. The minimum absolute atomic E-state index is 0.0253. The first-order chi connectivity index (χ1) is 6.54. The van der Waals surface area contributed by atoms with Gasteiger partial charge in [0.2, 0.25) is 8.32 Å². The molecule has 0 aliphatic carbocycles. The van der Waals surface area contributed by atoms with Gasteiger partial charge in [-0.3, -0.25) is 0 Å². The van der Waals surface area contributed by atoms with Gasteiger partial charge in [0.25, 0.3) is 0 Å². The van der Waals surface area contributed by atoms with E-state index in [1.807, 2.05) is 41.5 Å². The Hall–Kier alpha value is 0.267. The van der Waals surface area contributed by atoms with Gasteiger partial charge in [-0.2, -0.15) is 0 Å². The summed E-state index contributed by atoms with van der Waals surface area (Å²) in [5, 5.41) is 0. The van der Waals surface area contributed by atoms with Crippen LogP contribution in [0.1, 0.15) is 41.5 Å². The molecule has 0 saturated carbocycles. The van der Waals surface area contributed by atoms with Gasteiger partial charge in [-0.1, -0.05) is 41.5 Å². The van der Waals surface area contributed by atoms with Crippen molar-refractivity contribution >= 4 is 16.3 Å². The molecule has 0 aromatic heterocycles. The fourth-order valence-electron chi connectivity index (χ4n) is 2.50. The Morgan fingerprint density at radius 2 is 1.20 bits per heavy atom. The van der Waals surface area contributed by atoms with Crippen molar-refractivity contribution < 1.29 is 17.2 Å². The molecule has 0 bridgehead atoms. The summed E-state index contributed by atoms with van der Waals surface area (Å²) in [6, 6.07) is 0. The van der Waals surface area contributed by atoms with Crippen LogP contribution >= 0.6 is 7.99 Å². The molecule has 0 spiro atoms. The van der Waals surface area contributed by atoms with E-state index in [1.165, 1.54) is 0 Å². The van der Waals surface area contributed by atoms with Gasteiger partial charge in [-0.25, -0.2) is 4.57 Å². The second-order valence-electron chi connectivity index (χ2n) is 4.82. The molecule has 0 amide bonds. The van der Waals surface area contributed by atoms with Crippen LogP contribution in [-0.2, 0) is 8.78 Å². The molecule has 6 heteroatoms. The van der Waals surface area contributed by atoms with E-state index in [0.29, 0.717) is 0 Å². The largest absolute Gasteiger partial charge is 0.541 e. The summed E-state index contributed by atoms with van der Waals surface area (Å²) < 4.78 is 40.7. The first-order valence-electron chi connectivity index (χ1n) is 5.24. The average molecular weight is 258 g/mol. The van der Waals surface area contributed by atoms with Gasteiger partial charge in [0, 0.05) is 0 Å². The van der Waals surface area contributed by atoms with Crippen molar-refractivity contribution in [3.05, 3.63) is 0 Å². The van der Waals surface area contributed by atoms with Gasteiger partial charge >= 0.3 is 7.99 Å². The maximum Gasteiger partial charge on any atom is 0.541 e. The van der Waals surface area contributed by atoms with Crippen LogP contribution < -0.4 is 0 Å². The van der Waals surface area contributed by atoms with Crippen molar-refractivity contribution in [3.63, 3.8) is 0 Å². The van der Waals surface area contributed by atoms with Crippen LogP contribution in [0.5, 0.6) is 0 Å². The molecule has 0 aliphatic rings. The van der Waals surface area contributed by atoms with Gasteiger partial charge in [0.05, 0.1) is 0 Å². The molecule has 0 radical (unpaired) electrons. The Bertz CT molecular complexity index is 229. The Kier molecular flexibility index (Phi) is 5.15. The normalized spacial score (nSPS) is 14.3. The Balaban J connectivity index is 5.25. The molecule has 0 aromatic rings. The number of halogens is 2. The Labute approximate surface area is 92.2 Å². The first kappa shape index (κ1) is 15.3. The molecule has 92 valence electrons. The minimum atomic E-state index is -5.39. The van der Waals surface area contributed by atoms with E-state index in [-0.39, 0.29) is 16.6 Å². The van der Waals surface area contributed by atoms with Crippen LogP contribution in [0.4, 0.5) is 8.39 Å². The van der Waals surface area contributed by atoms with Crippen molar-refractivity contribution in [2.75, 3.05) is 0 Å². The second kappa shape index (κ2) is 5.06. The molecular formula is C9H21F2O2PSi. The molecule has 0 aromatic carbocycles. The molecule has 0 saturated heterocycles. The molecule has 15 heavy (non-hydrogen) atoms.